The fourth-order valence-electron chi connectivity index (χ4n) is 2.07. The van der Waals surface area contributed by atoms with Crippen LogP contribution >= 0.6 is 0 Å². The van der Waals surface area contributed by atoms with Crippen molar-refractivity contribution >= 4 is 11.6 Å². The molecule has 0 bridgehead atoms. The maximum atomic E-state index is 12.2. The van der Waals surface area contributed by atoms with Gasteiger partial charge in [0.05, 0.1) is 0 Å². The molecule has 0 saturated carbocycles. The van der Waals surface area contributed by atoms with Gasteiger partial charge in [0, 0.05) is 5.69 Å². The van der Waals surface area contributed by atoms with Crippen molar-refractivity contribution in [3.63, 3.8) is 0 Å². The molecule has 0 saturated heterocycles. The number of carbonyl (C=O) groups is 1. The quantitative estimate of drug-likeness (QED) is 0.881. The third-order valence-corrected chi connectivity index (χ3v) is 3.55. The summed E-state index contributed by atoms with van der Waals surface area (Å²) in [4.78, 5) is 12.2. The summed E-state index contributed by atoms with van der Waals surface area (Å²) in [5, 5.41) is 2.88. The Kier molecular flexibility index (Phi) is 5.21. The van der Waals surface area contributed by atoms with Crippen molar-refractivity contribution in [2.45, 2.75) is 39.7 Å². The van der Waals surface area contributed by atoms with E-state index in [4.69, 9.17) is 4.74 Å². The van der Waals surface area contributed by atoms with Crippen LogP contribution in [0.2, 0.25) is 0 Å². The number of nitrogens with one attached hydrogen (secondary N) is 1. The largest absolute Gasteiger partial charge is 0.481 e. The zero-order valence-corrected chi connectivity index (χ0v) is 13.6. The second kappa shape index (κ2) is 7.12. The number of anilines is 1. The van der Waals surface area contributed by atoms with Crippen LogP contribution < -0.4 is 10.1 Å². The highest BCUT2D eigenvalue weighted by Crippen LogP contribution is 2.18. The number of benzene rings is 2. The fourth-order valence-corrected chi connectivity index (χ4v) is 2.07. The molecule has 2 aromatic carbocycles. The van der Waals surface area contributed by atoms with E-state index in [9.17, 15) is 4.79 Å². The van der Waals surface area contributed by atoms with E-state index < -0.39 is 6.10 Å². The molecular weight excluding hydrogens is 274 g/mol. The van der Waals surface area contributed by atoms with Crippen LogP contribution in [0.4, 0.5) is 5.69 Å². The van der Waals surface area contributed by atoms with Crippen molar-refractivity contribution in [1.82, 2.24) is 0 Å². The monoisotopic (exact) mass is 297 g/mol. The van der Waals surface area contributed by atoms with Gasteiger partial charge in [0.15, 0.2) is 6.10 Å². The molecule has 0 aliphatic heterocycles. The first-order valence-electron chi connectivity index (χ1n) is 7.60. The lowest BCUT2D eigenvalue weighted by molar-refractivity contribution is -0.122. The van der Waals surface area contributed by atoms with Gasteiger partial charge in [-0.1, -0.05) is 43.7 Å². The average Bonchev–Trinajstić information content (AvgIpc) is 2.50. The van der Waals surface area contributed by atoms with E-state index in [0.717, 1.165) is 11.3 Å². The molecule has 1 atom stereocenters. The van der Waals surface area contributed by atoms with Gasteiger partial charge in [-0.2, -0.15) is 0 Å². The van der Waals surface area contributed by atoms with Crippen LogP contribution in [0.3, 0.4) is 0 Å². The lowest BCUT2D eigenvalue weighted by atomic mass is 10.0. The zero-order chi connectivity index (χ0) is 16.1. The third kappa shape index (κ3) is 4.35. The Hall–Kier alpha value is -2.29. The highest BCUT2D eigenvalue weighted by Gasteiger charge is 2.14. The van der Waals surface area contributed by atoms with Gasteiger partial charge in [0.25, 0.3) is 5.91 Å². The summed E-state index contributed by atoms with van der Waals surface area (Å²) >= 11 is 0. The molecule has 0 spiro atoms. The first-order chi connectivity index (χ1) is 10.5. The van der Waals surface area contributed by atoms with Crippen molar-refractivity contribution in [3.8, 4) is 5.75 Å². The average molecular weight is 297 g/mol. The Morgan fingerprint density at radius 3 is 2.09 bits per heavy atom. The van der Waals surface area contributed by atoms with Crippen LogP contribution in [0.25, 0.3) is 0 Å². The molecule has 116 valence electrons. The smallest absolute Gasteiger partial charge is 0.265 e. The molecule has 0 aromatic heterocycles. The Morgan fingerprint density at radius 1 is 0.955 bits per heavy atom. The normalized spacial score (nSPS) is 12.0. The Balaban J connectivity index is 1.94. The molecular formula is C19H23NO2. The highest BCUT2D eigenvalue weighted by molar-refractivity contribution is 5.94. The Bertz CT molecular complexity index is 615. The first-order valence-corrected chi connectivity index (χ1v) is 7.60. The van der Waals surface area contributed by atoms with Crippen LogP contribution in [-0.4, -0.2) is 12.0 Å². The summed E-state index contributed by atoms with van der Waals surface area (Å²) in [6.45, 7) is 8.05. The molecule has 22 heavy (non-hydrogen) atoms. The molecule has 1 N–H and O–H groups in total. The van der Waals surface area contributed by atoms with Crippen LogP contribution in [0.5, 0.6) is 5.75 Å². The van der Waals surface area contributed by atoms with E-state index in [-0.39, 0.29) is 5.91 Å². The standard InChI is InChI=1S/C19H23NO2/c1-13(2)16-7-9-17(10-8-16)20-19(21)15(4)22-18-11-5-14(3)6-12-18/h5-13,15H,1-4H3,(H,20,21)/t15-/m0/s1. The lowest BCUT2D eigenvalue weighted by Gasteiger charge is -2.15. The van der Waals surface area contributed by atoms with Crippen LogP contribution in [0.1, 0.15) is 37.8 Å². The minimum atomic E-state index is -0.549. The molecule has 2 aromatic rings. The van der Waals surface area contributed by atoms with Gasteiger partial charge in [0.2, 0.25) is 0 Å². The van der Waals surface area contributed by atoms with Gasteiger partial charge < -0.3 is 10.1 Å². The molecule has 3 nitrogen and oxygen atoms in total. The molecule has 0 fully saturated rings. The number of rotatable bonds is 5. The van der Waals surface area contributed by atoms with Gasteiger partial charge in [-0.3, -0.25) is 4.79 Å². The number of ether oxygens (including phenoxy) is 1. The zero-order valence-electron chi connectivity index (χ0n) is 13.6. The molecule has 3 heteroatoms. The second-order valence-electron chi connectivity index (χ2n) is 5.84. The van der Waals surface area contributed by atoms with Crippen LogP contribution in [0.15, 0.2) is 48.5 Å². The summed E-state index contributed by atoms with van der Waals surface area (Å²) in [6.07, 6.45) is -0.549. The molecule has 0 heterocycles. The summed E-state index contributed by atoms with van der Waals surface area (Å²) in [7, 11) is 0. The third-order valence-electron chi connectivity index (χ3n) is 3.55. The molecule has 0 radical (unpaired) electrons. The van der Waals surface area contributed by atoms with Crippen molar-refractivity contribution in [2.24, 2.45) is 0 Å². The topological polar surface area (TPSA) is 38.3 Å². The Morgan fingerprint density at radius 2 is 1.55 bits per heavy atom. The lowest BCUT2D eigenvalue weighted by Crippen LogP contribution is -2.30. The van der Waals surface area contributed by atoms with E-state index in [1.54, 1.807) is 6.92 Å². The van der Waals surface area contributed by atoms with Crippen LogP contribution in [-0.2, 0) is 4.79 Å². The number of amides is 1. The van der Waals surface area contributed by atoms with E-state index >= 15 is 0 Å². The van der Waals surface area contributed by atoms with Gasteiger partial charge >= 0.3 is 0 Å². The number of aryl methyl sites for hydroxylation is 1. The second-order valence-corrected chi connectivity index (χ2v) is 5.84. The minimum Gasteiger partial charge on any atom is -0.481 e. The Labute approximate surface area is 132 Å². The summed E-state index contributed by atoms with van der Waals surface area (Å²) in [6, 6.07) is 15.6. The van der Waals surface area contributed by atoms with Gasteiger partial charge in [-0.15, -0.1) is 0 Å². The van der Waals surface area contributed by atoms with Crippen LogP contribution in [0, 0.1) is 6.92 Å². The molecule has 1 amide bonds. The maximum absolute atomic E-state index is 12.2. The number of carbonyl (C=O) groups excluding carboxylic acids is 1. The molecule has 0 aliphatic rings. The molecule has 0 unspecified atom stereocenters. The summed E-state index contributed by atoms with van der Waals surface area (Å²) in [5.74, 6) is 1.02. The van der Waals surface area contributed by atoms with Crippen molar-refractivity contribution in [3.05, 3.63) is 59.7 Å². The summed E-state index contributed by atoms with van der Waals surface area (Å²) < 4.78 is 5.65. The fraction of sp³-hybridized carbons (Fsp3) is 0.316. The van der Waals surface area contributed by atoms with Gasteiger partial charge in [0.1, 0.15) is 5.75 Å². The van der Waals surface area contributed by atoms with E-state index in [1.165, 1.54) is 5.56 Å². The van der Waals surface area contributed by atoms with Crippen molar-refractivity contribution < 1.29 is 9.53 Å². The summed E-state index contributed by atoms with van der Waals surface area (Å²) in [5.41, 5.74) is 3.20. The highest BCUT2D eigenvalue weighted by atomic mass is 16.5. The van der Waals surface area contributed by atoms with Gasteiger partial charge in [-0.25, -0.2) is 0 Å². The molecule has 0 aliphatic carbocycles. The predicted molar refractivity (Wildman–Crippen MR) is 90.4 cm³/mol. The van der Waals surface area contributed by atoms with Crippen molar-refractivity contribution in [2.75, 3.05) is 5.32 Å². The number of hydrogen-bond donors (Lipinski definition) is 1. The van der Waals surface area contributed by atoms with E-state index in [1.807, 2.05) is 55.5 Å². The van der Waals surface area contributed by atoms with E-state index in [0.29, 0.717) is 11.7 Å². The SMILES string of the molecule is Cc1ccc(O[C@@H](C)C(=O)Nc2ccc(C(C)C)cc2)cc1. The molecule has 2 rings (SSSR count). The minimum absolute atomic E-state index is 0.155. The number of hydrogen-bond acceptors (Lipinski definition) is 2. The maximum Gasteiger partial charge on any atom is 0.265 e. The van der Waals surface area contributed by atoms with E-state index in [2.05, 4.69) is 19.2 Å². The predicted octanol–water partition coefficient (Wildman–Crippen LogP) is 4.52. The van der Waals surface area contributed by atoms with Crippen molar-refractivity contribution in [1.29, 1.82) is 0 Å². The van der Waals surface area contributed by atoms with Gasteiger partial charge in [-0.05, 0) is 49.6 Å². The first kappa shape index (κ1) is 16.1.